The molecule has 12 heteroatoms. The molecular formula is C22H25N5O5S2. The molecule has 1 aromatic carbocycles. The molecule has 1 atom stereocenters. The Balaban J connectivity index is 1.34. The molecule has 10 nitrogen and oxygen atoms in total. The number of benzene rings is 1. The minimum atomic E-state index is -3.48. The Morgan fingerprint density at radius 3 is 2.85 bits per heavy atom. The Labute approximate surface area is 201 Å². The van der Waals surface area contributed by atoms with Crippen molar-refractivity contribution in [3.63, 3.8) is 0 Å². The lowest BCUT2D eigenvalue weighted by Gasteiger charge is -2.33. The Kier molecular flexibility index (Phi) is 7.00. The van der Waals surface area contributed by atoms with Crippen LogP contribution in [-0.4, -0.2) is 67.8 Å². The van der Waals surface area contributed by atoms with E-state index in [1.165, 1.54) is 29.8 Å². The van der Waals surface area contributed by atoms with Crippen LogP contribution in [0.2, 0.25) is 0 Å². The van der Waals surface area contributed by atoms with Crippen LogP contribution in [0.3, 0.4) is 0 Å². The minimum Gasteiger partial charge on any atom is -0.375 e. The number of nitrogens with one attached hydrogen (secondary N) is 2. The lowest BCUT2D eigenvalue weighted by Crippen LogP contribution is -2.41. The fourth-order valence-corrected chi connectivity index (χ4v) is 4.85. The van der Waals surface area contributed by atoms with E-state index < -0.39 is 21.8 Å². The quantitative estimate of drug-likeness (QED) is 0.506. The van der Waals surface area contributed by atoms with Gasteiger partial charge in [0.2, 0.25) is 15.9 Å². The zero-order valence-corrected chi connectivity index (χ0v) is 20.4. The second kappa shape index (κ2) is 9.95. The van der Waals surface area contributed by atoms with Gasteiger partial charge in [0.15, 0.2) is 5.13 Å². The van der Waals surface area contributed by atoms with Gasteiger partial charge in [0.05, 0.1) is 36.8 Å². The van der Waals surface area contributed by atoms with E-state index in [1.54, 1.807) is 0 Å². The van der Waals surface area contributed by atoms with Crippen LogP contribution in [0, 0.1) is 0 Å². The second-order valence-electron chi connectivity index (χ2n) is 7.94. The highest BCUT2D eigenvalue weighted by Gasteiger charge is 2.18. The fraction of sp³-hybridized carbons (Fsp3) is 0.318. The van der Waals surface area contributed by atoms with Crippen molar-refractivity contribution in [3.05, 3.63) is 53.7 Å². The molecule has 180 valence electrons. The number of ether oxygens (including phenoxy) is 1. The molecule has 3 heterocycles. The normalized spacial score (nSPS) is 16.3. The van der Waals surface area contributed by atoms with Gasteiger partial charge >= 0.3 is 0 Å². The number of aromatic nitrogens is 2. The molecule has 1 aliphatic rings. The number of hydrogen-bond acceptors (Lipinski definition) is 8. The fourth-order valence-electron chi connectivity index (χ4n) is 3.52. The number of anilines is 2. The van der Waals surface area contributed by atoms with Crippen LogP contribution in [-0.2, 0) is 19.6 Å². The van der Waals surface area contributed by atoms with Gasteiger partial charge in [-0.15, -0.1) is 11.3 Å². The number of amides is 2. The van der Waals surface area contributed by atoms with Crippen molar-refractivity contribution in [2.45, 2.75) is 13.0 Å². The van der Waals surface area contributed by atoms with Gasteiger partial charge in [-0.1, -0.05) is 12.1 Å². The smallest absolute Gasteiger partial charge is 0.253 e. The van der Waals surface area contributed by atoms with Crippen molar-refractivity contribution in [1.29, 1.82) is 0 Å². The van der Waals surface area contributed by atoms with Crippen LogP contribution in [0.25, 0.3) is 11.3 Å². The highest BCUT2D eigenvalue weighted by molar-refractivity contribution is 7.89. The van der Waals surface area contributed by atoms with Gasteiger partial charge in [0.1, 0.15) is 0 Å². The summed E-state index contributed by atoms with van der Waals surface area (Å²) in [6.45, 7) is 4.13. The maximum absolute atomic E-state index is 12.3. The Hall–Kier alpha value is -3.22. The van der Waals surface area contributed by atoms with Crippen LogP contribution in [0.5, 0.6) is 0 Å². The monoisotopic (exact) mass is 503 g/mol. The lowest BCUT2D eigenvalue weighted by molar-refractivity contribution is -0.115. The summed E-state index contributed by atoms with van der Waals surface area (Å²) >= 11 is 1.29. The Morgan fingerprint density at radius 2 is 2.12 bits per heavy atom. The third kappa shape index (κ3) is 5.82. The largest absolute Gasteiger partial charge is 0.375 e. The molecule has 2 aromatic heterocycles. The number of rotatable bonds is 7. The van der Waals surface area contributed by atoms with Gasteiger partial charge in [0.25, 0.3) is 5.91 Å². The van der Waals surface area contributed by atoms with Crippen LogP contribution in [0.1, 0.15) is 17.3 Å². The molecule has 0 radical (unpaired) electrons. The summed E-state index contributed by atoms with van der Waals surface area (Å²) in [6.07, 6.45) is 3.68. The molecule has 4 rings (SSSR count). The van der Waals surface area contributed by atoms with Crippen molar-refractivity contribution in [3.8, 4) is 11.3 Å². The van der Waals surface area contributed by atoms with Crippen LogP contribution in [0.15, 0.2) is 48.1 Å². The van der Waals surface area contributed by atoms with E-state index in [4.69, 9.17) is 4.74 Å². The summed E-state index contributed by atoms with van der Waals surface area (Å²) in [5, 5.41) is 7.43. The molecule has 2 amide bonds. The second-order valence-corrected chi connectivity index (χ2v) is 10.7. The third-order valence-electron chi connectivity index (χ3n) is 5.22. The first-order chi connectivity index (χ1) is 16.2. The summed E-state index contributed by atoms with van der Waals surface area (Å²) in [6, 6.07) is 9.45. The number of hydrogen-bond donors (Lipinski definition) is 2. The van der Waals surface area contributed by atoms with Crippen LogP contribution >= 0.6 is 11.3 Å². The van der Waals surface area contributed by atoms with Crippen molar-refractivity contribution >= 4 is 44.0 Å². The molecule has 0 bridgehead atoms. The van der Waals surface area contributed by atoms with Crippen LogP contribution in [0.4, 0.5) is 10.8 Å². The first-order valence-electron chi connectivity index (χ1n) is 10.6. The van der Waals surface area contributed by atoms with Gasteiger partial charge in [-0.05, 0) is 25.1 Å². The highest BCUT2D eigenvalue weighted by atomic mass is 32.2. The number of carbonyl (C=O) groups is 2. The summed E-state index contributed by atoms with van der Waals surface area (Å²) in [5.41, 5.74) is 2.93. The molecule has 0 spiro atoms. The molecule has 0 aliphatic carbocycles. The topological polar surface area (TPSA) is 123 Å². The van der Waals surface area contributed by atoms with E-state index >= 15 is 0 Å². The number of thiazole rings is 1. The SMILES string of the molecule is C[C@@H]1CN(c2cccc(-c3csc(NC(=O)CNC(=O)c4ccn(S(C)(=O)=O)c4)n3)c2)CCO1. The van der Waals surface area contributed by atoms with E-state index in [1.807, 2.05) is 17.5 Å². The van der Waals surface area contributed by atoms with Crippen molar-refractivity contribution in [2.75, 3.05) is 42.7 Å². The summed E-state index contributed by atoms with van der Waals surface area (Å²) in [4.78, 5) is 31.2. The van der Waals surface area contributed by atoms with E-state index in [-0.39, 0.29) is 18.2 Å². The Bertz CT molecular complexity index is 1300. The first kappa shape index (κ1) is 23.9. The van der Waals surface area contributed by atoms with Crippen molar-refractivity contribution < 1.29 is 22.7 Å². The minimum absolute atomic E-state index is 0.143. The van der Waals surface area contributed by atoms with Crippen molar-refractivity contribution in [1.82, 2.24) is 14.3 Å². The zero-order valence-electron chi connectivity index (χ0n) is 18.7. The van der Waals surface area contributed by atoms with Gasteiger partial charge in [-0.2, -0.15) is 0 Å². The maximum Gasteiger partial charge on any atom is 0.253 e. The van der Waals surface area contributed by atoms with Gasteiger partial charge in [-0.3, -0.25) is 13.6 Å². The molecule has 1 aliphatic heterocycles. The van der Waals surface area contributed by atoms with Crippen molar-refractivity contribution in [2.24, 2.45) is 0 Å². The molecule has 34 heavy (non-hydrogen) atoms. The number of morpholine rings is 1. The number of nitrogens with zero attached hydrogens (tertiary/aromatic N) is 3. The molecule has 2 N–H and O–H groups in total. The molecular weight excluding hydrogens is 478 g/mol. The first-order valence-corrected chi connectivity index (χ1v) is 13.3. The third-order valence-corrected chi connectivity index (χ3v) is 6.97. The highest BCUT2D eigenvalue weighted by Crippen LogP contribution is 2.28. The molecule has 0 unspecified atom stereocenters. The van der Waals surface area contributed by atoms with Gasteiger partial charge < -0.3 is 20.3 Å². The van der Waals surface area contributed by atoms with E-state index in [9.17, 15) is 18.0 Å². The lowest BCUT2D eigenvalue weighted by atomic mass is 10.1. The maximum atomic E-state index is 12.3. The summed E-state index contributed by atoms with van der Waals surface area (Å²) < 4.78 is 29.6. The predicted octanol–water partition coefficient (Wildman–Crippen LogP) is 2.01. The average molecular weight is 504 g/mol. The number of carbonyl (C=O) groups excluding carboxylic acids is 2. The predicted molar refractivity (Wildman–Crippen MR) is 131 cm³/mol. The molecule has 1 fully saturated rings. The van der Waals surface area contributed by atoms with E-state index in [0.29, 0.717) is 11.7 Å². The molecule has 1 saturated heterocycles. The van der Waals surface area contributed by atoms with E-state index in [0.717, 1.165) is 40.3 Å². The average Bonchev–Trinajstić information content (AvgIpc) is 3.48. The summed E-state index contributed by atoms with van der Waals surface area (Å²) in [5.74, 6) is -0.987. The molecule has 0 saturated carbocycles. The summed E-state index contributed by atoms with van der Waals surface area (Å²) in [7, 11) is -3.48. The molecule has 3 aromatic rings. The Morgan fingerprint density at radius 1 is 1.29 bits per heavy atom. The van der Waals surface area contributed by atoms with Gasteiger partial charge in [0, 0.05) is 42.1 Å². The zero-order chi connectivity index (χ0) is 24.3. The standard InChI is InChI=1S/C22H25N5O5S2/c1-15-12-26(8-9-32-15)18-5-3-4-16(10-18)19-14-33-22(24-19)25-20(28)11-23-21(29)17-6-7-27(13-17)34(2,30)31/h3-7,10,13-15H,8-9,11-12H2,1-2H3,(H,23,29)(H,24,25,28)/t15-/m1/s1. The van der Waals surface area contributed by atoms with E-state index in [2.05, 4.69) is 39.6 Å². The van der Waals surface area contributed by atoms with Gasteiger partial charge in [-0.25, -0.2) is 13.4 Å². The van der Waals surface area contributed by atoms with Crippen LogP contribution < -0.4 is 15.5 Å².